The summed E-state index contributed by atoms with van der Waals surface area (Å²) in [5.41, 5.74) is 2.82. The molecule has 6 nitrogen and oxygen atoms in total. The molecule has 1 N–H and O–H groups in total. The topological polar surface area (TPSA) is 69.7 Å². The Morgan fingerprint density at radius 3 is 2.26 bits per heavy atom. The maximum absolute atomic E-state index is 13.5. The first-order valence-corrected chi connectivity index (χ1v) is 12.0. The second-order valence-electron chi connectivity index (χ2n) is 8.62. The van der Waals surface area contributed by atoms with Crippen molar-refractivity contribution in [2.24, 2.45) is 0 Å². The number of carbonyl (C=O) groups excluding carboxylic acids is 3. The minimum absolute atomic E-state index is 0.0273. The summed E-state index contributed by atoms with van der Waals surface area (Å²) in [5.74, 6) is -0.203. The smallest absolute Gasteiger partial charge is 0.246 e. The number of hydrogen-bond acceptors (Lipinski definition) is 4. The van der Waals surface area contributed by atoms with Crippen molar-refractivity contribution in [3.05, 3.63) is 101 Å². The van der Waals surface area contributed by atoms with E-state index in [0.29, 0.717) is 42.5 Å². The number of carbonyl (C=O) groups is 3. The molecule has 7 heteroatoms. The number of ketones is 1. The predicted octanol–water partition coefficient (Wildman–Crippen LogP) is 4.61. The van der Waals surface area contributed by atoms with Crippen molar-refractivity contribution >= 4 is 34.9 Å². The van der Waals surface area contributed by atoms with E-state index in [1.807, 2.05) is 53.4 Å². The van der Waals surface area contributed by atoms with E-state index in [2.05, 4.69) is 10.2 Å². The van der Waals surface area contributed by atoms with Crippen molar-refractivity contribution in [3.63, 3.8) is 0 Å². The molecule has 1 aliphatic heterocycles. The molecule has 0 aliphatic carbocycles. The number of benzene rings is 3. The van der Waals surface area contributed by atoms with Crippen LogP contribution >= 0.6 is 11.6 Å². The Balaban J connectivity index is 1.46. The lowest BCUT2D eigenvalue weighted by atomic mass is 10.0. The second-order valence-corrected chi connectivity index (χ2v) is 9.03. The number of anilines is 1. The Morgan fingerprint density at radius 2 is 1.57 bits per heavy atom. The number of nitrogens with one attached hydrogen (secondary N) is 1. The molecule has 1 saturated heterocycles. The van der Waals surface area contributed by atoms with Crippen LogP contribution in [0.5, 0.6) is 0 Å². The van der Waals surface area contributed by atoms with E-state index in [0.717, 1.165) is 11.1 Å². The van der Waals surface area contributed by atoms with Crippen LogP contribution in [0.4, 0.5) is 5.69 Å². The van der Waals surface area contributed by atoms with E-state index in [4.69, 9.17) is 11.6 Å². The fraction of sp³-hybridized carbons (Fsp3) is 0.250. The highest BCUT2D eigenvalue weighted by Gasteiger charge is 2.32. The summed E-state index contributed by atoms with van der Waals surface area (Å²) >= 11 is 6.23. The van der Waals surface area contributed by atoms with Gasteiger partial charge in [0.25, 0.3) is 0 Å². The SMILES string of the molecule is CC(=O)c1cccc(NC(=O)C(c2ccccc2)N2CCN(C(=O)Cc3ccccc3Cl)CC2)c1. The highest BCUT2D eigenvalue weighted by molar-refractivity contribution is 6.31. The average Bonchev–Trinajstić information content (AvgIpc) is 2.87. The fourth-order valence-electron chi connectivity index (χ4n) is 4.34. The average molecular weight is 490 g/mol. The maximum Gasteiger partial charge on any atom is 0.246 e. The number of amides is 2. The zero-order valence-electron chi connectivity index (χ0n) is 19.6. The molecule has 1 unspecified atom stereocenters. The Labute approximate surface area is 210 Å². The van der Waals surface area contributed by atoms with Crippen LogP contribution in [0.25, 0.3) is 0 Å². The highest BCUT2D eigenvalue weighted by atomic mass is 35.5. The first-order chi connectivity index (χ1) is 16.9. The summed E-state index contributed by atoms with van der Waals surface area (Å²) in [7, 11) is 0. The van der Waals surface area contributed by atoms with Gasteiger partial charge in [-0.15, -0.1) is 0 Å². The molecule has 3 aromatic carbocycles. The quantitative estimate of drug-likeness (QED) is 0.492. The largest absolute Gasteiger partial charge is 0.340 e. The van der Waals surface area contributed by atoms with E-state index >= 15 is 0 Å². The van der Waals surface area contributed by atoms with E-state index < -0.39 is 6.04 Å². The van der Waals surface area contributed by atoms with Gasteiger partial charge in [-0.25, -0.2) is 0 Å². The lowest BCUT2D eigenvalue weighted by molar-refractivity contribution is -0.133. The van der Waals surface area contributed by atoms with Crippen molar-refractivity contribution in [2.75, 3.05) is 31.5 Å². The van der Waals surface area contributed by atoms with Gasteiger partial charge in [0.2, 0.25) is 11.8 Å². The van der Waals surface area contributed by atoms with Crippen LogP contribution in [0.15, 0.2) is 78.9 Å². The third-order valence-electron chi connectivity index (χ3n) is 6.23. The minimum Gasteiger partial charge on any atom is -0.340 e. The number of hydrogen-bond donors (Lipinski definition) is 1. The fourth-order valence-corrected chi connectivity index (χ4v) is 4.54. The Morgan fingerprint density at radius 1 is 0.886 bits per heavy atom. The van der Waals surface area contributed by atoms with Crippen molar-refractivity contribution in [1.82, 2.24) is 9.80 Å². The maximum atomic E-state index is 13.5. The number of nitrogens with zero attached hydrogens (tertiary/aromatic N) is 2. The molecule has 180 valence electrons. The van der Waals surface area contributed by atoms with Crippen LogP contribution in [0, 0.1) is 0 Å². The monoisotopic (exact) mass is 489 g/mol. The summed E-state index contributed by atoms with van der Waals surface area (Å²) in [6.45, 7) is 3.68. The van der Waals surface area contributed by atoms with Gasteiger partial charge in [0.05, 0.1) is 6.42 Å². The van der Waals surface area contributed by atoms with Gasteiger partial charge >= 0.3 is 0 Å². The number of Topliss-reactive ketones (excluding diaryl/α,β-unsaturated/α-hetero) is 1. The Hall–Kier alpha value is -3.48. The molecule has 0 aromatic heterocycles. The van der Waals surface area contributed by atoms with Crippen LogP contribution in [-0.2, 0) is 16.0 Å². The van der Waals surface area contributed by atoms with Crippen LogP contribution in [0.2, 0.25) is 5.02 Å². The second kappa shape index (κ2) is 11.3. The predicted molar refractivity (Wildman–Crippen MR) is 138 cm³/mol. The van der Waals surface area contributed by atoms with E-state index in [1.165, 1.54) is 6.92 Å². The molecule has 1 fully saturated rings. The van der Waals surface area contributed by atoms with Crippen molar-refractivity contribution < 1.29 is 14.4 Å². The molecular formula is C28H28ClN3O3. The van der Waals surface area contributed by atoms with E-state index in [9.17, 15) is 14.4 Å². The van der Waals surface area contributed by atoms with Gasteiger partial charge in [0.1, 0.15) is 6.04 Å². The molecule has 0 bridgehead atoms. The van der Waals surface area contributed by atoms with Crippen LogP contribution < -0.4 is 5.32 Å². The molecule has 3 aromatic rings. The van der Waals surface area contributed by atoms with Gasteiger partial charge in [-0.05, 0) is 36.2 Å². The van der Waals surface area contributed by atoms with Crippen LogP contribution in [0.3, 0.4) is 0 Å². The summed E-state index contributed by atoms with van der Waals surface area (Å²) in [5, 5.41) is 3.57. The first-order valence-electron chi connectivity index (χ1n) is 11.6. The molecule has 1 atom stereocenters. The standard InChI is InChI=1S/C28H28ClN3O3/c1-20(33)22-11-7-12-24(18-22)30-28(35)27(21-8-3-2-4-9-21)32-16-14-31(15-17-32)26(34)19-23-10-5-6-13-25(23)29/h2-13,18,27H,14-17,19H2,1H3,(H,30,35). The van der Waals surface area contributed by atoms with Gasteiger partial charge in [-0.2, -0.15) is 0 Å². The highest BCUT2D eigenvalue weighted by Crippen LogP contribution is 2.25. The van der Waals surface area contributed by atoms with Gasteiger partial charge in [-0.1, -0.05) is 72.3 Å². The van der Waals surface area contributed by atoms with E-state index in [1.54, 1.807) is 30.3 Å². The molecule has 35 heavy (non-hydrogen) atoms. The lowest BCUT2D eigenvalue weighted by Gasteiger charge is -2.39. The van der Waals surface area contributed by atoms with Crippen molar-refractivity contribution in [3.8, 4) is 0 Å². The molecule has 4 rings (SSSR count). The third kappa shape index (κ3) is 6.15. The molecule has 1 heterocycles. The summed E-state index contributed by atoms with van der Waals surface area (Å²) in [6, 6.07) is 23.4. The van der Waals surface area contributed by atoms with Gasteiger partial charge in [0.15, 0.2) is 5.78 Å². The van der Waals surface area contributed by atoms with Gasteiger partial charge in [0, 0.05) is 42.5 Å². The number of piperazine rings is 1. The molecule has 0 spiro atoms. The van der Waals surface area contributed by atoms with Gasteiger partial charge in [-0.3, -0.25) is 19.3 Å². The Bertz CT molecular complexity index is 1210. The van der Waals surface area contributed by atoms with E-state index in [-0.39, 0.29) is 24.0 Å². The van der Waals surface area contributed by atoms with Crippen molar-refractivity contribution in [2.45, 2.75) is 19.4 Å². The third-order valence-corrected chi connectivity index (χ3v) is 6.60. The summed E-state index contributed by atoms with van der Waals surface area (Å²) in [6.07, 6.45) is 0.259. The number of halogens is 1. The molecule has 2 amide bonds. The first kappa shape index (κ1) is 24.6. The van der Waals surface area contributed by atoms with Crippen LogP contribution in [0.1, 0.15) is 34.5 Å². The van der Waals surface area contributed by atoms with Crippen molar-refractivity contribution in [1.29, 1.82) is 0 Å². The zero-order valence-corrected chi connectivity index (χ0v) is 20.4. The zero-order chi connectivity index (χ0) is 24.8. The molecule has 0 radical (unpaired) electrons. The normalized spacial score (nSPS) is 14.9. The van der Waals surface area contributed by atoms with Gasteiger partial charge < -0.3 is 10.2 Å². The number of rotatable bonds is 7. The van der Waals surface area contributed by atoms with Crippen LogP contribution in [-0.4, -0.2) is 53.6 Å². The summed E-state index contributed by atoms with van der Waals surface area (Å²) in [4.78, 5) is 42.0. The molecule has 1 aliphatic rings. The lowest BCUT2D eigenvalue weighted by Crippen LogP contribution is -2.52. The molecular weight excluding hydrogens is 462 g/mol. The Kier molecular flexibility index (Phi) is 7.95. The molecule has 0 saturated carbocycles. The summed E-state index contributed by atoms with van der Waals surface area (Å²) < 4.78 is 0. The minimum atomic E-state index is -0.516.